The van der Waals surface area contributed by atoms with Crippen LogP contribution in [0.25, 0.3) is 10.9 Å². The average molecular weight is 260 g/mol. The fourth-order valence-electron chi connectivity index (χ4n) is 2.09. The highest BCUT2D eigenvalue weighted by atomic mass is 19.1. The van der Waals surface area contributed by atoms with Crippen LogP contribution in [-0.2, 0) is 0 Å². The van der Waals surface area contributed by atoms with Gasteiger partial charge < -0.3 is 5.32 Å². The first kappa shape index (κ1) is 13.5. The summed E-state index contributed by atoms with van der Waals surface area (Å²) < 4.78 is 13.7. The lowest BCUT2D eigenvalue weighted by Crippen LogP contribution is -2.13. The standard InChI is InChI=1S/C15H17FN2O/c1-4-9(2)15(19)11-8-18-14-10(13(11)17-3)6-5-7-12(14)16/h5-9H,4H2,1-3H3,(H,17,18). The maximum Gasteiger partial charge on any atom is 0.169 e. The summed E-state index contributed by atoms with van der Waals surface area (Å²) in [5.74, 6) is -0.415. The van der Waals surface area contributed by atoms with Crippen LogP contribution in [-0.4, -0.2) is 17.8 Å². The van der Waals surface area contributed by atoms with Gasteiger partial charge in [-0.15, -0.1) is 0 Å². The van der Waals surface area contributed by atoms with E-state index in [1.165, 1.54) is 12.3 Å². The molecule has 0 amide bonds. The molecule has 0 fully saturated rings. The quantitative estimate of drug-likeness (QED) is 0.853. The first-order valence-electron chi connectivity index (χ1n) is 6.39. The van der Waals surface area contributed by atoms with Gasteiger partial charge in [0.15, 0.2) is 5.78 Å². The zero-order valence-corrected chi connectivity index (χ0v) is 11.3. The monoisotopic (exact) mass is 260 g/mol. The fraction of sp³-hybridized carbons (Fsp3) is 0.333. The van der Waals surface area contributed by atoms with Gasteiger partial charge in [-0.3, -0.25) is 9.78 Å². The molecular weight excluding hydrogens is 243 g/mol. The van der Waals surface area contributed by atoms with E-state index >= 15 is 0 Å². The second kappa shape index (κ2) is 5.34. The molecule has 0 saturated heterocycles. The summed E-state index contributed by atoms with van der Waals surface area (Å²) in [6.07, 6.45) is 2.23. The van der Waals surface area contributed by atoms with E-state index in [0.717, 1.165) is 6.42 Å². The summed E-state index contributed by atoms with van der Waals surface area (Å²) in [5.41, 5.74) is 1.46. The lowest BCUT2D eigenvalue weighted by Gasteiger charge is -2.14. The lowest BCUT2D eigenvalue weighted by atomic mass is 9.95. The number of carbonyl (C=O) groups excluding carboxylic acids is 1. The van der Waals surface area contributed by atoms with Crippen molar-refractivity contribution >= 4 is 22.4 Å². The van der Waals surface area contributed by atoms with Gasteiger partial charge >= 0.3 is 0 Å². The molecule has 1 N–H and O–H groups in total. The number of ketones is 1. The Labute approximate surface area is 111 Å². The van der Waals surface area contributed by atoms with Crippen LogP contribution in [0.5, 0.6) is 0 Å². The first-order valence-corrected chi connectivity index (χ1v) is 6.39. The van der Waals surface area contributed by atoms with Crippen LogP contribution in [0.3, 0.4) is 0 Å². The number of nitrogens with one attached hydrogen (secondary N) is 1. The highest BCUT2D eigenvalue weighted by Crippen LogP contribution is 2.29. The van der Waals surface area contributed by atoms with Crippen LogP contribution >= 0.6 is 0 Å². The number of fused-ring (bicyclic) bond motifs is 1. The molecule has 1 unspecified atom stereocenters. The molecule has 2 aromatic rings. The van der Waals surface area contributed by atoms with E-state index in [2.05, 4.69) is 10.3 Å². The number of carbonyl (C=O) groups is 1. The second-order valence-corrected chi connectivity index (χ2v) is 4.61. The van der Waals surface area contributed by atoms with E-state index in [-0.39, 0.29) is 23.0 Å². The molecule has 1 aromatic heterocycles. The molecule has 100 valence electrons. The number of aromatic nitrogens is 1. The normalized spacial score (nSPS) is 12.4. The van der Waals surface area contributed by atoms with Gasteiger partial charge in [0.05, 0.1) is 11.3 Å². The number of para-hydroxylation sites is 1. The molecule has 0 spiro atoms. The third-order valence-electron chi connectivity index (χ3n) is 3.42. The lowest BCUT2D eigenvalue weighted by molar-refractivity contribution is 0.0928. The van der Waals surface area contributed by atoms with E-state index in [1.54, 1.807) is 19.2 Å². The number of hydrogen-bond acceptors (Lipinski definition) is 3. The maximum atomic E-state index is 13.7. The minimum atomic E-state index is -0.378. The van der Waals surface area contributed by atoms with Gasteiger partial charge in [0, 0.05) is 24.5 Å². The molecule has 0 saturated carbocycles. The minimum Gasteiger partial charge on any atom is -0.387 e. The van der Waals surface area contributed by atoms with Gasteiger partial charge in [0.25, 0.3) is 0 Å². The molecule has 0 radical (unpaired) electrons. The topological polar surface area (TPSA) is 42.0 Å². The summed E-state index contributed by atoms with van der Waals surface area (Å²) in [6.45, 7) is 3.85. The van der Waals surface area contributed by atoms with Crippen molar-refractivity contribution in [3.8, 4) is 0 Å². The van der Waals surface area contributed by atoms with Gasteiger partial charge in [0.2, 0.25) is 0 Å². The molecule has 1 aromatic carbocycles. The number of anilines is 1. The van der Waals surface area contributed by atoms with Gasteiger partial charge in [-0.1, -0.05) is 26.0 Å². The summed E-state index contributed by atoms with van der Waals surface area (Å²) in [4.78, 5) is 16.4. The van der Waals surface area contributed by atoms with Crippen molar-refractivity contribution in [1.82, 2.24) is 4.98 Å². The number of hydrogen-bond donors (Lipinski definition) is 1. The predicted octanol–water partition coefficient (Wildman–Crippen LogP) is 3.64. The Bertz CT molecular complexity index is 625. The average Bonchev–Trinajstić information content (AvgIpc) is 2.44. The third kappa shape index (κ3) is 2.30. The van der Waals surface area contributed by atoms with Crippen molar-refractivity contribution in [1.29, 1.82) is 0 Å². The number of nitrogens with zero attached hydrogens (tertiary/aromatic N) is 1. The predicted molar refractivity (Wildman–Crippen MR) is 75.0 cm³/mol. The molecule has 3 nitrogen and oxygen atoms in total. The number of Topliss-reactive ketones (excluding diaryl/α,β-unsaturated/α-hetero) is 1. The van der Waals surface area contributed by atoms with E-state index in [1.807, 2.05) is 13.8 Å². The van der Waals surface area contributed by atoms with Crippen molar-refractivity contribution in [3.05, 3.63) is 35.8 Å². The zero-order chi connectivity index (χ0) is 14.0. The molecule has 0 aliphatic heterocycles. The molecule has 0 aliphatic carbocycles. The molecule has 4 heteroatoms. The third-order valence-corrected chi connectivity index (χ3v) is 3.42. The Morgan fingerprint density at radius 1 is 1.47 bits per heavy atom. The minimum absolute atomic E-state index is 0.0329. The second-order valence-electron chi connectivity index (χ2n) is 4.61. The Morgan fingerprint density at radius 3 is 2.84 bits per heavy atom. The van der Waals surface area contributed by atoms with Crippen molar-refractivity contribution in [2.75, 3.05) is 12.4 Å². The van der Waals surface area contributed by atoms with Gasteiger partial charge in [-0.05, 0) is 12.5 Å². The first-order chi connectivity index (χ1) is 9.10. The fourth-order valence-corrected chi connectivity index (χ4v) is 2.09. The van der Waals surface area contributed by atoms with Crippen LogP contribution < -0.4 is 5.32 Å². The van der Waals surface area contributed by atoms with Crippen molar-refractivity contribution < 1.29 is 9.18 Å². The molecule has 0 aliphatic rings. The van der Waals surface area contributed by atoms with Crippen LogP contribution in [0, 0.1) is 11.7 Å². The molecule has 1 atom stereocenters. The molecule has 19 heavy (non-hydrogen) atoms. The smallest absolute Gasteiger partial charge is 0.169 e. The van der Waals surface area contributed by atoms with E-state index < -0.39 is 0 Å². The van der Waals surface area contributed by atoms with Crippen LogP contribution in [0.4, 0.5) is 10.1 Å². The molecule has 2 rings (SSSR count). The summed E-state index contributed by atoms with van der Waals surface area (Å²) in [5, 5.41) is 3.63. The van der Waals surface area contributed by atoms with E-state index in [9.17, 15) is 9.18 Å². The van der Waals surface area contributed by atoms with Crippen LogP contribution in [0.1, 0.15) is 30.6 Å². The van der Waals surface area contributed by atoms with Gasteiger partial charge in [0.1, 0.15) is 11.3 Å². The van der Waals surface area contributed by atoms with Crippen molar-refractivity contribution in [2.45, 2.75) is 20.3 Å². The van der Waals surface area contributed by atoms with Crippen molar-refractivity contribution in [3.63, 3.8) is 0 Å². The number of benzene rings is 1. The largest absolute Gasteiger partial charge is 0.387 e. The summed E-state index contributed by atoms with van der Waals surface area (Å²) in [7, 11) is 1.73. The maximum absolute atomic E-state index is 13.7. The Morgan fingerprint density at radius 2 is 2.21 bits per heavy atom. The Balaban J connectivity index is 2.67. The van der Waals surface area contributed by atoms with Crippen LogP contribution in [0.15, 0.2) is 24.4 Å². The molecular formula is C15H17FN2O. The number of pyridine rings is 1. The SMILES string of the molecule is CCC(C)C(=O)c1cnc2c(F)cccc2c1NC. The Kier molecular flexibility index (Phi) is 3.79. The van der Waals surface area contributed by atoms with Gasteiger partial charge in [-0.2, -0.15) is 0 Å². The number of halogens is 1. The summed E-state index contributed by atoms with van der Waals surface area (Å²) >= 11 is 0. The van der Waals surface area contributed by atoms with E-state index in [0.29, 0.717) is 16.6 Å². The number of rotatable bonds is 4. The zero-order valence-electron chi connectivity index (χ0n) is 11.3. The molecule has 0 bridgehead atoms. The van der Waals surface area contributed by atoms with E-state index in [4.69, 9.17) is 0 Å². The molecule has 1 heterocycles. The highest BCUT2D eigenvalue weighted by molar-refractivity contribution is 6.08. The van der Waals surface area contributed by atoms with Crippen molar-refractivity contribution in [2.24, 2.45) is 5.92 Å². The van der Waals surface area contributed by atoms with Crippen LogP contribution in [0.2, 0.25) is 0 Å². The highest BCUT2D eigenvalue weighted by Gasteiger charge is 2.19. The van der Waals surface area contributed by atoms with Gasteiger partial charge in [-0.25, -0.2) is 4.39 Å². The summed E-state index contributed by atoms with van der Waals surface area (Å²) in [6, 6.07) is 4.76. The Hall–Kier alpha value is -1.97.